The molecular weight excluding hydrogens is 386 g/mol. The molecule has 29 heavy (non-hydrogen) atoms. The lowest BCUT2D eigenvalue weighted by Crippen LogP contribution is -2.37. The summed E-state index contributed by atoms with van der Waals surface area (Å²) in [5.74, 6) is 0.0271. The van der Waals surface area contributed by atoms with Crippen molar-refractivity contribution in [3.8, 4) is 0 Å². The normalized spacial score (nSPS) is 20.7. The largest absolute Gasteiger partial charge is 0.388 e. The summed E-state index contributed by atoms with van der Waals surface area (Å²) in [6.45, 7) is 7.15. The van der Waals surface area contributed by atoms with Crippen molar-refractivity contribution in [1.29, 1.82) is 0 Å². The number of aldehydes is 2. The van der Waals surface area contributed by atoms with Crippen molar-refractivity contribution in [2.24, 2.45) is 5.92 Å². The second kappa shape index (κ2) is 15.1. The highest BCUT2D eigenvalue weighted by Gasteiger charge is 2.24. The summed E-state index contributed by atoms with van der Waals surface area (Å²) in [7, 11) is 2.89. The van der Waals surface area contributed by atoms with Gasteiger partial charge in [0.2, 0.25) is 0 Å². The van der Waals surface area contributed by atoms with Gasteiger partial charge >= 0.3 is 0 Å². The molecule has 0 radical (unpaired) electrons. The van der Waals surface area contributed by atoms with Gasteiger partial charge in [0, 0.05) is 31.7 Å². The molecule has 2 atom stereocenters. The van der Waals surface area contributed by atoms with Crippen molar-refractivity contribution in [1.82, 2.24) is 9.21 Å². The second-order valence-corrected chi connectivity index (χ2v) is 8.67. The Bertz CT molecular complexity index is 625. The number of nitrogens with zero attached hydrogens (tertiary/aromatic N) is 2. The fourth-order valence-corrected chi connectivity index (χ4v) is 4.46. The molecule has 0 aromatic heterocycles. The van der Waals surface area contributed by atoms with Crippen molar-refractivity contribution in [2.45, 2.75) is 37.0 Å². The lowest BCUT2D eigenvalue weighted by atomic mass is 10.0. The molecule has 0 aliphatic carbocycles. The Balaban J connectivity index is 0.000000314. The Hall–Kier alpha value is -1.83. The number of likely N-dealkylation sites (tertiary alicyclic amines) is 1. The van der Waals surface area contributed by atoms with Crippen LogP contribution in [0.15, 0.2) is 41.8 Å². The van der Waals surface area contributed by atoms with Crippen molar-refractivity contribution in [2.75, 3.05) is 45.6 Å². The predicted octanol–water partition coefficient (Wildman–Crippen LogP) is 3.14. The minimum atomic E-state index is -1.16. The Morgan fingerprint density at radius 2 is 1.69 bits per heavy atom. The molecule has 2 aliphatic rings. The lowest BCUT2D eigenvalue weighted by Gasteiger charge is -2.28. The molecule has 1 aromatic carbocycles. The zero-order valence-electron chi connectivity index (χ0n) is 17.7. The van der Waals surface area contributed by atoms with Crippen LogP contribution in [0.4, 0.5) is 5.69 Å². The predicted molar refractivity (Wildman–Crippen MR) is 120 cm³/mol. The Morgan fingerprint density at radius 3 is 2.14 bits per heavy atom. The molecular formula is C22H35N3O3S. The highest BCUT2D eigenvalue weighted by molar-refractivity contribution is 7.82. The van der Waals surface area contributed by atoms with Crippen LogP contribution in [0.2, 0.25) is 0 Å². The first-order chi connectivity index (χ1) is 14.0. The van der Waals surface area contributed by atoms with E-state index >= 15 is 0 Å². The summed E-state index contributed by atoms with van der Waals surface area (Å²) >= 11 is 0. The fraction of sp³-hybridized carbons (Fsp3) is 0.545. The van der Waals surface area contributed by atoms with Crippen LogP contribution in [0.25, 0.3) is 0 Å². The van der Waals surface area contributed by atoms with E-state index in [4.69, 9.17) is 4.79 Å². The van der Waals surface area contributed by atoms with Gasteiger partial charge in [0.25, 0.3) is 0 Å². The smallest absolute Gasteiger partial charge is 0.142 e. The van der Waals surface area contributed by atoms with Gasteiger partial charge in [-0.15, -0.1) is 0 Å². The minimum absolute atomic E-state index is 0.0271. The lowest BCUT2D eigenvalue weighted by molar-refractivity contribution is -0.112. The van der Waals surface area contributed by atoms with Crippen molar-refractivity contribution in [3.05, 3.63) is 36.9 Å². The highest BCUT2D eigenvalue weighted by Crippen LogP contribution is 2.21. The SMILES string of the molecule is C=CC=O.CN1CCCCC1.CNc1ccc(S(=O)N2CCCC(C=O)C2)cc1. The van der Waals surface area contributed by atoms with Gasteiger partial charge < -0.3 is 15.0 Å². The first-order valence-corrected chi connectivity index (χ1v) is 11.3. The Morgan fingerprint density at radius 1 is 1.07 bits per heavy atom. The standard InChI is InChI=1S/C13H18N2O2S.C6H13N.C3H4O/c1-14-12-4-6-13(7-5-12)18(17)15-8-2-3-11(9-15)10-16;1-7-5-3-2-4-6-7;1-2-3-4/h4-7,10-11,14H,2-3,8-9H2,1H3;2-6H2,1H3;2-3H,1H2. The van der Waals surface area contributed by atoms with Crippen molar-refractivity contribution < 1.29 is 13.8 Å². The summed E-state index contributed by atoms with van der Waals surface area (Å²) in [4.78, 5) is 23.1. The molecule has 0 saturated carbocycles. The van der Waals surface area contributed by atoms with E-state index in [1.807, 2.05) is 35.6 Å². The summed E-state index contributed by atoms with van der Waals surface area (Å²) in [5.41, 5.74) is 1.00. The van der Waals surface area contributed by atoms with E-state index in [-0.39, 0.29) is 5.92 Å². The summed E-state index contributed by atoms with van der Waals surface area (Å²) in [6, 6.07) is 7.56. The molecule has 162 valence electrons. The van der Waals surface area contributed by atoms with Gasteiger partial charge in [-0.25, -0.2) is 8.51 Å². The van der Waals surface area contributed by atoms with Gasteiger partial charge in [0.05, 0.1) is 4.90 Å². The average Bonchev–Trinajstić information content (AvgIpc) is 2.79. The monoisotopic (exact) mass is 421 g/mol. The summed E-state index contributed by atoms with van der Waals surface area (Å²) in [5, 5.41) is 3.03. The number of nitrogens with one attached hydrogen (secondary N) is 1. The maximum Gasteiger partial charge on any atom is 0.142 e. The van der Waals surface area contributed by atoms with E-state index in [9.17, 15) is 9.00 Å². The number of benzene rings is 1. The number of anilines is 1. The topological polar surface area (TPSA) is 69.7 Å². The minimum Gasteiger partial charge on any atom is -0.388 e. The molecule has 2 unspecified atom stereocenters. The fourth-order valence-electron chi connectivity index (χ4n) is 3.17. The molecule has 0 bridgehead atoms. The first kappa shape index (κ1) is 25.2. The zero-order valence-corrected chi connectivity index (χ0v) is 18.5. The van der Waals surface area contributed by atoms with Crippen LogP contribution in [0.3, 0.4) is 0 Å². The summed E-state index contributed by atoms with van der Waals surface area (Å²) < 4.78 is 14.2. The molecule has 7 heteroatoms. The first-order valence-electron chi connectivity index (χ1n) is 10.2. The molecule has 2 saturated heterocycles. The average molecular weight is 422 g/mol. The molecule has 3 rings (SSSR count). The van der Waals surface area contributed by atoms with E-state index < -0.39 is 11.0 Å². The Labute approximate surface area is 177 Å². The van der Waals surface area contributed by atoms with Crippen LogP contribution >= 0.6 is 0 Å². The molecule has 1 N–H and O–H groups in total. The zero-order chi connectivity index (χ0) is 21.5. The number of carbonyl (C=O) groups is 2. The number of allylic oxidation sites excluding steroid dienone is 1. The number of carbonyl (C=O) groups excluding carboxylic acids is 2. The van der Waals surface area contributed by atoms with Crippen LogP contribution in [0, 0.1) is 5.92 Å². The van der Waals surface area contributed by atoms with Gasteiger partial charge in [-0.1, -0.05) is 13.0 Å². The maximum absolute atomic E-state index is 12.4. The van der Waals surface area contributed by atoms with E-state index in [0.717, 1.165) is 36.3 Å². The van der Waals surface area contributed by atoms with Crippen LogP contribution in [0.5, 0.6) is 0 Å². The number of hydrogen-bond acceptors (Lipinski definition) is 5. The van der Waals surface area contributed by atoms with Crippen LogP contribution in [-0.4, -0.2) is 66.3 Å². The quantitative estimate of drug-likeness (QED) is 0.584. The van der Waals surface area contributed by atoms with E-state index in [2.05, 4.69) is 23.8 Å². The van der Waals surface area contributed by atoms with Gasteiger partial charge in [-0.05, 0) is 76.2 Å². The molecule has 0 spiro atoms. The maximum atomic E-state index is 12.4. The molecule has 1 aromatic rings. The van der Waals surface area contributed by atoms with Gasteiger partial charge in [-0.3, -0.25) is 4.79 Å². The summed E-state index contributed by atoms with van der Waals surface area (Å²) in [6.07, 6.45) is 8.93. The van der Waals surface area contributed by atoms with Crippen LogP contribution in [0.1, 0.15) is 32.1 Å². The van der Waals surface area contributed by atoms with E-state index in [1.165, 1.54) is 38.4 Å². The van der Waals surface area contributed by atoms with Gasteiger partial charge in [-0.2, -0.15) is 0 Å². The highest BCUT2D eigenvalue weighted by atomic mass is 32.2. The molecule has 0 amide bonds. The van der Waals surface area contributed by atoms with Gasteiger partial charge in [0.15, 0.2) is 0 Å². The number of rotatable bonds is 5. The van der Waals surface area contributed by atoms with Crippen molar-refractivity contribution in [3.63, 3.8) is 0 Å². The molecule has 2 fully saturated rings. The van der Waals surface area contributed by atoms with Crippen molar-refractivity contribution >= 4 is 29.2 Å². The Kier molecular flexibility index (Phi) is 13.1. The second-order valence-electron chi connectivity index (χ2n) is 7.19. The third-order valence-electron chi connectivity index (χ3n) is 4.87. The van der Waals surface area contributed by atoms with E-state index in [0.29, 0.717) is 12.8 Å². The van der Waals surface area contributed by atoms with Gasteiger partial charge in [0.1, 0.15) is 23.6 Å². The van der Waals surface area contributed by atoms with Crippen LogP contribution in [-0.2, 0) is 20.6 Å². The molecule has 2 heterocycles. The number of piperidine rings is 2. The third-order valence-corrected chi connectivity index (χ3v) is 6.34. The molecule has 2 aliphatic heterocycles. The van der Waals surface area contributed by atoms with Crippen LogP contribution < -0.4 is 5.32 Å². The number of hydrogen-bond donors (Lipinski definition) is 1. The van der Waals surface area contributed by atoms with E-state index in [1.54, 1.807) is 0 Å². The third kappa shape index (κ3) is 9.96. The molecule has 6 nitrogen and oxygen atoms in total.